The number of piperazine rings is 1. The van der Waals surface area contributed by atoms with Gasteiger partial charge in [0.05, 0.1) is 19.1 Å². The Morgan fingerprint density at radius 1 is 1.15 bits per heavy atom. The highest BCUT2D eigenvalue weighted by Crippen LogP contribution is 2.32. The van der Waals surface area contributed by atoms with E-state index in [1.807, 2.05) is 23.1 Å². The van der Waals surface area contributed by atoms with E-state index in [0.29, 0.717) is 30.4 Å². The normalized spacial score (nSPS) is 15.0. The van der Waals surface area contributed by atoms with Gasteiger partial charge in [-0.2, -0.15) is 5.10 Å². The van der Waals surface area contributed by atoms with Crippen LogP contribution in [-0.2, 0) is 13.6 Å². The first-order valence-corrected chi connectivity index (χ1v) is 8.80. The zero-order valence-electron chi connectivity index (χ0n) is 16.1. The summed E-state index contributed by atoms with van der Waals surface area (Å²) in [5.41, 5.74) is 1.69. The molecule has 0 radical (unpaired) electrons. The predicted octanol–water partition coefficient (Wildman–Crippen LogP) is 1.98. The highest BCUT2D eigenvalue weighted by atomic mass is 16.6. The number of hydrogen-bond acceptors (Lipinski definition) is 7. The molecule has 146 valence electrons. The van der Waals surface area contributed by atoms with Gasteiger partial charge in [0.15, 0.2) is 11.5 Å². The van der Waals surface area contributed by atoms with Crippen LogP contribution in [0.25, 0.3) is 0 Å². The van der Waals surface area contributed by atoms with Crippen LogP contribution in [0.5, 0.6) is 11.5 Å². The molecule has 27 heavy (non-hydrogen) atoms. The molecule has 0 unspecified atom stereocenters. The zero-order valence-corrected chi connectivity index (χ0v) is 16.1. The van der Waals surface area contributed by atoms with Crippen LogP contribution in [0.2, 0.25) is 0 Å². The van der Waals surface area contributed by atoms with Crippen molar-refractivity contribution in [2.75, 3.05) is 45.3 Å². The van der Waals surface area contributed by atoms with Crippen molar-refractivity contribution in [3.8, 4) is 11.5 Å². The molecule has 0 aliphatic carbocycles. The average Bonchev–Trinajstić information content (AvgIpc) is 2.96. The SMILES string of the molecule is COc1ccc(CN2CCN(c3c([N+](=O)[O-])c(C)nn3C)CC2)cc1OC. The Morgan fingerprint density at radius 2 is 1.81 bits per heavy atom. The Balaban J connectivity index is 1.67. The van der Waals surface area contributed by atoms with Gasteiger partial charge in [-0.15, -0.1) is 0 Å². The number of ether oxygens (including phenoxy) is 2. The summed E-state index contributed by atoms with van der Waals surface area (Å²) in [5.74, 6) is 2.02. The summed E-state index contributed by atoms with van der Waals surface area (Å²) in [6.07, 6.45) is 0. The fourth-order valence-electron chi connectivity index (χ4n) is 3.56. The average molecular weight is 375 g/mol. The van der Waals surface area contributed by atoms with Crippen LogP contribution in [0.3, 0.4) is 0 Å². The van der Waals surface area contributed by atoms with Crippen molar-refractivity contribution in [2.45, 2.75) is 13.5 Å². The van der Waals surface area contributed by atoms with Crippen molar-refractivity contribution in [3.63, 3.8) is 0 Å². The number of rotatable bonds is 6. The summed E-state index contributed by atoms with van der Waals surface area (Å²) in [6, 6.07) is 5.93. The summed E-state index contributed by atoms with van der Waals surface area (Å²) in [6.45, 7) is 5.53. The molecule has 0 saturated carbocycles. The predicted molar refractivity (Wildman–Crippen MR) is 102 cm³/mol. The van der Waals surface area contributed by atoms with E-state index in [2.05, 4.69) is 10.00 Å². The van der Waals surface area contributed by atoms with Crippen molar-refractivity contribution in [1.29, 1.82) is 0 Å². The van der Waals surface area contributed by atoms with Crippen molar-refractivity contribution in [2.24, 2.45) is 7.05 Å². The van der Waals surface area contributed by atoms with Gasteiger partial charge in [-0.1, -0.05) is 6.07 Å². The maximum absolute atomic E-state index is 11.4. The van der Waals surface area contributed by atoms with Gasteiger partial charge in [-0.25, -0.2) is 4.68 Å². The third-order valence-corrected chi connectivity index (χ3v) is 4.87. The third-order valence-electron chi connectivity index (χ3n) is 4.87. The number of nitrogens with zero attached hydrogens (tertiary/aromatic N) is 5. The molecule has 1 fully saturated rings. The topological polar surface area (TPSA) is 85.9 Å². The van der Waals surface area contributed by atoms with E-state index in [-0.39, 0.29) is 10.6 Å². The van der Waals surface area contributed by atoms with Crippen molar-refractivity contribution in [3.05, 3.63) is 39.6 Å². The molecule has 2 heterocycles. The van der Waals surface area contributed by atoms with Crippen LogP contribution in [0.15, 0.2) is 18.2 Å². The third kappa shape index (κ3) is 3.82. The molecule has 0 atom stereocenters. The molecule has 9 heteroatoms. The Kier molecular flexibility index (Phi) is 5.50. The summed E-state index contributed by atoms with van der Waals surface area (Å²) >= 11 is 0. The van der Waals surface area contributed by atoms with Crippen LogP contribution in [0.4, 0.5) is 11.5 Å². The lowest BCUT2D eigenvalue weighted by Crippen LogP contribution is -2.46. The number of benzene rings is 1. The standard InChI is InChI=1S/C18H25N5O4/c1-13-17(23(24)25)18(20(2)19-13)22-9-7-21(8-10-22)12-14-5-6-15(26-3)16(11-14)27-4/h5-6,11H,7-10,12H2,1-4H3. The van der Waals surface area contributed by atoms with Gasteiger partial charge in [0.25, 0.3) is 0 Å². The first kappa shape index (κ1) is 19.0. The van der Waals surface area contributed by atoms with E-state index in [1.165, 1.54) is 0 Å². The Hall–Kier alpha value is -2.81. The summed E-state index contributed by atoms with van der Waals surface area (Å²) in [5, 5.41) is 15.6. The van der Waals surface area contributed by atoms with Gasteiger partial charge in [0, 0.05) is 39.8 Å². The molecule has 0 bridgehead atoms. The quantitative estimate of drug-likeness (QED) is 0.564. The zero-order chi connectivity index (χ0) is 19.6. The number of aryl methyl sites for hydroxylation is 2. The lowest BCUT2D eigenvalue weighted by molar-refractivity contribution is -0.384. The highest BCUT2D eigenvalue weighted by molar-refractivity contribution is 5.61. The Bertz CT molecular complexity index is 827. The van der Waals surface area contributed by atoms with E-state index in [1.54, 1.807) is 32.9 Å². The molecule has 1 aliphatic heterocycles. The largest absolute Gasteiger partial charge is 0.493 e. The molecule has 1 saturated heterocycles. The molecule has 3 rings (SSSR count). The molecule has 0 spiro atoms. The molecule has 0 amide bonds. The first-order valence-electron chi connectivity index (χ1n) is 8.80. The van der Waals surface area contributed by atoms with Gasteiger partial charge in [0.2, 0.25) is 5.82 Å². The van der Waals surface area contributed by atoms with Crippen LogP contribution in [0.1, 0.15) is 11.3 Å². The van der Waals surface area contributed by atoms with Gasteiger partial charge in [0.1, 0.15) is 5.69 Å². The van der Waals surface area contributed by atoms with Gasteiger partial charge >= 0.3 is 5.69 Å². The second-order valence-electron chi connectivity index (χ2n) is 6.59. The molecule has 1 aliphatic rings. The number of anilines is 1. The first-order chi connectivity index (χ1) is 12.9. The number of aromatic nitrogens is 2. The fourth-order valence-corrected chi connectivity index (χ4v) is 3.56. The molecule has 2 aromatic rings. The minimum atomic E-state index is -0.340. The van der Waals surface area contributed by atoms with Crippen LogP contribution in [-0.4, -0.2) is 60.0 Å². The minimum absolute atomic E-state index is 0.103. The van der Waals surface area contributed by atoms with Crippen molar-refractivity contribution < 1.29 is 14.4 Å². The van der Waals surface area contributed by atoms with E-state index >= 15 is 0 Å². The Labute approximate surface area is 158 Å². The highest BCUT2D eigenvalue weighted by Gasteiger charge is 2.30. The number of methoxy groups -OCH3 is 2. The monoisotopic (exact) mass is 375 g/mol. The van der Waals surface area contributed by atoms with Gasteiger partial charge < -0.3 is 14.4 Å². The molecular weight excluding hydrogens is 350 g/mol. The lowest BCUT2D eigenvalue weighted by Gasteiger charge is -2.35. The van der Waals surface area contributed by atoms with E-state index in [9.17, 15) is 10.1 Å². The van der Waals surface area contributed by atoms with E-state index in [0.717, 1.165) is 30.9 Å². The molecule has 1 aromatic heterocycles. The minimum Gasteiger partial charge on any atom is -0.493 e. The second-order valence-corrected chi connectivity index (χ2v) is 6.59. The summed E-state index contributed by atoms with van der Waals surface area (Å²) < 4.78 is 12.3. The second kappa shape index (κ2) is 7.83. The summed E-state index contributed by atoms with van der Waals surface area (Å²) in [4.78, 5) is 15.4. The van der Waals surface area contributed by atoms with E-state index in [4.69, 9.17) is 9.47 Å². The molecule has 9 nitrogen and oxygen atoms in total. The maximum atomic E-state index is 11.4. The Morgan fingerprint density at radius 3 is 2.41 bits per heavy atom. The molecule has 0 N–H and O–H groups in total. The van der Waals surface area contributed by atoms with Crippen LogP contribution >= 0.6 is 0 Å². The van der Waals surface area contributed by atoms with Crippen molar-refractivity contribution in [1.82, 2.24) is 14.7 Å². The van der Waals surface area contributed by atoms with Crippen molar-refractivity contribution >= 4 is 11.5 Å². The summed E-state index contributed by atoms with van der Waals surface area (Å²) in [7, 11) is 5.00. The van der Waals surface area contributed by atoms with Crippen LogP contribution < -0.4 is 14.4 Å². The maximum Gasteiger partial charge on any atom is 0.333 e. The van der Waals surface area contributed by atoms with Crippen LogP contribution in [0, 0.1) is 17.0 Å². The number of hydrogen-bond donors (Lipinski definition) is 0. The number of nitro groups is 1. The lowest BCUT2D eigenvalue weighted by atomic mass is 10.1. The van der Waals surface area contributed by atoms with Gasteiger partial charge in [-0.3, -0.25) is 15.0 Å². The smallest absolute Gasteiger partial charge is 0.333 e. The molecule has 1 aromatic carbocycles. The molecular formula is C18H25N5O4. The fraction of sp³-hybridized carbons (Fsp3) is 0.500. The van der Waals surface area contributed by atoms with Gasteiger partial charge in [-0.05, 0) is 24.6 Å². The van der Waals surface area contributed by atoms with E-state index < -0.39 is 0 Å².